The van der Waals surface area contributed by atoms with E-state index in [4.69, 9.17) is 4.74 Å². The molecule has 0 aromatic rings. The van der Waals surface area contributed by atoms with Crippen LogP contribution in [-0.2, 0) is 14.3 Å². The summed E-state index contributed by atoms with van der Waals surface area (Å²) in [4.78, 5) is 25.0. The molecular formula is C26H42NO6+. The van der Waals surface area contributed by atoms with E-state index in [0.29, 0.717) is 32.3 Å². The normalized spacial score (nSPS) is 45.2. The Hall–Kier alpha value is -1.12. The highest BCUT2D eigenvalue weighted by Crippen LogP contribution is 2.70. The molecule has 0 aliphatic heterocycles. The summed E-state index contributed by atoms with van der Waals surface area (Å²) in [5, 5.41) is 33.0. The number of likely N-dealkylation sites (N-methyl/N-ethyl adjacent to an activating group) is 1. The average molecular weight is 465 g/mol. The summed E-state index contributed by atoms with van der Waals surface area (Å²) in [5.74, 6) is -0.471. The van der Waals surface area contributed by atoms with Gasteiger partial charge in [-0.2, -0.15) is 0 Å². The summed E-state index contributed by atoms with van der Waals surface area (Å²) >= 11 is 0. The van der Waals surface area contributed by atoms with Crippen molar-refractivity contribution in [2.75, 3.05) is 40.9 Å². The van der Waals surface area contributed by atoms with Gasteiger partial charge in [-0.1, -0.05) is 19.4 Å². The Labute approximate surface area is 197 Å². The van der Waals surface area contributed by atoms with E-state index in [1.807, 2.05) is 6.92 Å². The maximum atomic E-state index is 12.7. The quantitative estimate of drug-likeness (QED) is 0.516. The summed E-state index contributed by atoms with van der Waals surface area (Å²) in [6.07, 6.45) is 4.67. The number of carbonyl (C=O) groups excluding carboxylic acids is 2. The summed E-state index contributed by atoms with van der Waals surface area (Å²) in [7, 11) is 6.33. The number of fused-ring (bicyclic) bond motifs is 5. The van der Waals surface area contributed by atoms with Gasteiger partial charge in [-0.3, -0.25) is 9.59 Å². The molecule has 0 unspecified atom stereocenters. The predicted octanol–water partition coefficient (Wildman–Crippen LogP) is 1.63. The largest absolute Gasteiger partial charge is 0.390 e. The average Bonchev–Trinajstić information content (AvgIpc) is 2.99. The molecule has 0 aromatic carbocycles. The molecule has 33 heavy (non-hydrogen) atoms. The van der Waals surface area contributed by atoms with Crippen molar-refractivity contribution in [3.05, 3.63) is 11.6 Å². The molecule has 7 nitrogen and oxygen atoms in total. The van der Waals surface area contributed by atoms with Crippen molar-refractivity contribution in [2.45, 2.75) is 76.1 Å². The van der Waals surface area contributed by atoms with Gasteiger partial charge in [-0.05, 0) is 56.4 Å². The highest BCUT2D eigenvalue weighted by molar-refractivity contribution is 5.92. The number of carbonyl (C=O) groups is 2. The van der Waals surface area contributed by atoms with Gasteiger partial charge in [0.2, 0.25) is 0 Å². The number of aliphatic hydroxyl groups is 3. The zero-order valence-electron chi connectivity index (χ0n) is 20.9. The van der Waals surface area contributed by atoms with Crippen molar-refractivity contribution >= 4 is 11.6 Å². The van der Waals surface area contributed by atoms with Crippen molar-refractivity contribution in [1.29, 1.82) is 0 Å². The predicted molar refractivity (Wildman–Crippen MR) is 123 cm³/mol. The second-order valence-electron chi connectivity index (χ2n) is 12.5. The highest BCUT2D eigenvalue weighted by atomic mass is 16.5. The van der Waals surface area contributed by atoms with E-state index in [1.165, 1.54) is 0 Å². The van der Waals surface area contributed by atoms with Crippen LogP contribution in [-0.4, -0.2) is 89.6 Å². The van der Waals surface area contributed by atoms with E-state index in [1.54, 1.807) is 6.08 Å². The second-order valence-corrected chi connectivity index (χ2v) is 12.5. The van der Waals surface area contributed by atoms with Crippen molar-refractivity contribution in [1.82, 2.24) is 0 Å². The van der Waals surface area contributed by atoms with E-state index in [2.05, 4.69) is 28.1 Å². The molecule has 0 amide bonds. The van der Waals surface area contributed by atoms with Gasteiger partial charge < -0.3 is 24.5 Å². The van der Waals surface area contributed by atoms with Crippen molar-refractivity contribution in [3.63, 3.8) is 0 Å². The topological polar surface area (TPSA) is 104 Å². The Morgan fingerprint density at radius 2 is 1.85 bits per heavy atom. The number of quaternary nitrogens is 1. The van der Waals surface area contributed by atoms with Crippen LogP contribution in [0.5, 0.6) is 0 Å². The monoisotopic (exact) mass is 464 g/mol. The summed E-state index contributed by atoms with van der Waals surface area (Å²) in [6, 6.07) is 0. The Kier molecular flexibility index (Phi) is 6.02. The molecule has 0 radical (unpaired) electrons. The van der Waals surface area contributed by atoms with Crippen molar-refractivity contribution in [3.8, 4) is 0 Å². The van der Waals surface area contributed by atoms with E-state index >= 15 is 0 Å². The third kappa shape index (κ3) is 3.41. The third-order valence-corrected chi connectivity index (χ3v) is 9.94. The smallest absolute Gasteiger partial charge is 0.190 e. The van der Waals surface area contributed by atoms with Gasteiger partial charge >= 0.3 is 0 Å². The number of hydrogen-bond acceptors (Lipinski definition) is 6. The van der Waals surface area contributed by atoms with Crippen LogP contribution in [0.2, 0.25) is 0 Å². The van der Waals surface area contributed by atoms with Crippen LogP contribution >= 0.6 is 0 Å². The minimum atomic E-state index is -1.64. The first-order valence-electron chi connectivity index (χ1n) is 12.5. The number of rotatable bonds is 6. The molecule has 3 N–H and O–H groups in total. The van der Waals surface area contributed by atoms with Crippen LogP contribution in [0.4, 0.5) is 0 Å². The molecule has 3 saturated carbocycles. The van der Waals surface area contributed by atoms with Crippen molar-refractivity contribution in [2.24, 2.45) is 22.7 Å². The Bertz CT molecular complexity index is 863. The molecule has 0 spiro atoms. The lowest BCUT2D eigenvalue weighted by atomic mass is 9.43. The summed E-state index contributed by atoms with van der Waals surface area (Å²) in [5.41, 5.74) is -2.74. The molecule has 7 atom stereocenters. The maximum absolute atomic E-state index is 12.7. The fourth-order valence-electron chi connectivity index (χ4n) is 8.04. The molecule has 0 bridgehead atoms. The molecule has 4 rings (SSSR count). The Morgan fingerprint density at radius 3 is 2.48 bits per heavy atom. The fourth-order valence-corrected chi connectivity index (χ4v) is 8.04. The molecule has 186 valence electrons. The zero-order chi connectivity index (χ0) is 24.4. The van der Waals surface area contributed by atoms with Gasteiger partial charge in [0.15, 0.2) is 11.6 Å². The fraction of sp³-hybridized carbons (Fsp3) is 0.846. The van der Waals surface area contributed by atoms with Crippen LogP contribution in [0.1, 0.15) is 58.8 Å². The van der Waals surface area contributed by atoms with Crippen LogP contribution in [0.15, 0.2) is 11.6 Å². The number of aliphatic hydroxyl groups excluding tert-OH is 2. The Balaban J connectivity index is 1.80. The first-order valence-corrected chi connectivity index (χ1v) is 12.5. The van der Waals surface area contributed by atoms with Gasteiger partial charge in [0.05, 0.1) is 33.9 Å². The van der Waals surface area contributed by atoms with Gasteiger partial charge in [-0.25, -0.2) is 0 Å². The van der Waals surface area contributed by atoms with E-state index in [0.717, 1.165) is 29.4 Å². The lowest BCUT2D eigenvalue weighted by Gasteiger charge is -2.66. The van der Waals surface area contributed by atoms with Gasteiger partial charge in [0.1, 0.15) is 24.4 Å². The first kappa shape index (κ1) is 25.0. The van der Waals surface area contributed by atoms with Gasteiger partial charge in [-0.15, -0.1) is 0 Å². The zero-order valence-corrected chi connectivity index (χ0v) is 20.9. The molecule has 0 aromatic heterocycles. The van der Waals surface area contributed by atoms with E-state index in [9.17, 15) is 24.9 Å². The van der Waals surface area contributed by atoms with E-state index in [-0.39, 0.29) is 24.0 Å². The highest BCUT2D eigenvalue weighted by Gasteiger charge is 2.74. The van der Waals surface area contributed by atoms with Crippen LogP contribution < -0.4 is 0 Å². The van der Waals surface area contributed by atoms with Crippen LogP contribution in [0.25, 0.3) is 0 Å². The molecular weight excluding hydrogens is 422 g/mol. The number of hydrogen-bond donors (Lipinski definition) is 3. The molecule has 0 saturated heterocycles. The maximum Gasteiger partial charge on any atom is 0.190 e. The van der Waals surface area contributed by atoms with Gasteiger partial charge in [0, 0.05) is 17.3 Å². The minimum absolute atomic E-state index is 0.0125. The van der Waals surface area contributed by atoms with Crippen LogP contribution in [0.3, 0.4) is 0 Å². The third-order valence-electron chi connectivity index (χ3n) is 9.94. The molecule has 0 heterocycles. The molecule has 7 heteroatoms. The molecule has 4 aliphatic rings. The lowest BCUT2D eigenvalue weighted by molar-refractivity contribution is -0.871. The second kappa shape index (κ2) is 7.95. The first-order chi connectivity index (χ1) is 15.2. The number of ether oxygens (including phenoxy) is 1. The number of nitrogens with zero attached hydrogens (tertiary/aromatic N) is 1. The Morgan fingerprint density at radius 1 is 1.15 bits per heavy atom. The molecule has 4 aliphatic carbocycles. The van der Waals surface area contributed by atoms with E-state index < -0.39 is 40.5 Å². The van der Waals surface area contributed by atoms with Crippen LogP contribution in [0, 0.1) is 22.7 Å². The lowest BCUT2D eigenvalue weighted by Crippen LogP contribution is -2.72. The SMILES string of the molecule is C[C@]12CCC(=O)C=C1CC[C@H]1[C@@H]3CC[C@](O)(C(=O)CO)[C@@]3(C)C[C@H](O)[C@@]12OCC[N+](C)(C)C. The van der Waals surface area contributed by atoms with Gasteiger partial charge in [0.25, 0.3) is 0 Å². The molecule has 3 fully saturated rings. The number of Topliss-reactive ketones (excluding diaryl/α,β-unsaturated/α-hetero) is 1. The summed E-state index contributed by atoms with van der Waals surface area (Å²) < 4.78 is 7.58. The number of ketones is 2. The summed E-state index contributed by atoms with van der Waals surface area (Å²) in [6.45, 7) is 4.63. The van der Waals surface area contributed by atoms with Crippen molar-refractivity contribution < 1.29 is 34.1 Å². The standard InChI is InChI=1S/C26H42NO6/c1-23-10-8-18(29)14-17(23)6-7-20-19-9-11-25(32,22(31)16-28)24(19,2)15-21(30)26(20,23)33-13-12-27(3,4)5/h14,19-21,28,30,32H,6-13,15-16H2,1-5H3/q+1/t19-,20-,21-,23-,24-,25-,26-/m0/s1. The minimum Gasteiger partial charge on any atom is -0.390 e.